The molecule has 20 heavy (non-hydrogen) atoms. The van der Waals surface area contributed by atoms with E-state index in [2.05, 4.69) is 0 Å². The first-order valence-corrected chi connectivity index (χ1v) is 7.75. The quantitative estimate of drug-likeness (QED) is 0.820. The standard InChI is InChI=1S/C15H23NO3S/c1-15(2,3)20(19)16(4)13(10-11-14(17)18)12-8-6-5-7-9-12/h5-9,13H,10-11H2,1-4H3,(H,17,18)/t13-,20-/m1/s1. The summed E-state index contributed by atoms with van der Waals surface area (Å²) in [6, 6.07) is 9.48. The van der Waals surface area contributed by atoms with E-state index in [1.165, 1.54) is 0 Å². The lowest BCUT2D eigenvalue weighted by molar-refractivity contribution is -0.137. The van der Waals surface area contributed by atoms with Crippen LogP contribution < -0.4 is 0 Å². The highest BCUT2D eigenvalue weighted by Gasteiger charge is 2.35. The Hall–Kier alpha value is -1.04. The van der Waals surface area contributed by atoms with Crippen LogP contribution in [0.1, 0.15) is 45.2 Å². The summed E-state index contributed by atoms with van der Waals surface area (Å²) in [5, 5.41) is 8.90. The predicted molar refractivity (Wildman–Crippen MR) is 81.7 cm³/mol. The van der Waals surface area contributed by atoms with Gasteiger partial charge in [0.15, 0.2) is 0 Å². The number of rotatable bonds is 6. The van der Waals surface area contributed by atoms with Crippen molar-refractivity contribution in [3.63, 3.8) is 0 Å². The van der Waals surface area contributed by atoms with Gasteiger partial charge in [0.25, 0.3) is 0 Å². The van der Waals surface area contributed by atoms with E-state index < -0.39 is 17.3 Å². The maximum Gasteiger partial charge on any atom is 0.303 e. The summed E-state index contributed by atoms with van der Waals surface area (Å²) in [5.74, 6) is -0.833. The second-order valence-electron chi connectivity index (χ2n) is 5.77. The lowest BCUT2D eigenvalue weighted by Crippen LogP contribution is -2.42. The highest BCUT2D eigenvalue weighted by Crippen LogP contribution is 2.31. The molecule has 1 aromatic rings. The van der Waals surface area contributed by atoms with Crippen molar-refractivity contribution >= 4 is 17.3 Å². The van der Waals surface area contributed by atoms with Gasteiger partial charge >= 0.3 is 5.97 Å². The molecule has 0 heterocycles. The molecule has 4 nitrogen and oxygen atoms in total. The number of nitrogens with zero attached hydrogens (tertiary/aromatic N) is 1. The summed E-state index contributed by atoms with van der Waals surface area (Å²) < 4.78 is 13.9. The average Bonchev–Trinajstić information content (AvgIpc) is 2.37. The van der Waals surface area contributed by atoms with E-state index in [-0.39, 0.29) is 17.2 Å². The number of carboxylic acids is 1. The number of benzene rings is 1. The van der Waals surface area contributed by atoms with Gasteiger partial charge in [0.05, 0.1) is 6.04 Å². The minimum atomic E-state index is -1.19. The molecule has 0 bridgehead atoms. The molecule has 0 spiro atoms. The van der Waals surface area contributed by atoms with Gasteiger partial charge in [0, 0.05) is 24.8 Å². The molecule has 0 saturated carbocycles. The Balaban J connectivity index is 2.95. The van der Waals surface area contributed by atoms with Crippen LogP contribution in [0.2, 0.25) is 0 Å². The first kappa shape index (κ1) is 17.0. The number of carbonyl (C=O) groups is 1. The number of hydrogen-bond donors (Lipinski definition) is 1. The summed E-state index contributed by atoms with van der Waals surface area (Å²) in [6.07, 6.45) is 0.503. The van der Waals surface area contributed by atoms with E-state index in [9.17, 15) is 9.35 Å². The van der Waals surface area contributed by atoms with Gasteiger partial charge in [-0.25, -0.2) is 0 Å². The maximum absolute atomic E-state index is 12.5. The summed E-state index contributed by atoms with van der Waals surface area (Å²) in [6.45, 7) is 5.75. The molecule has 0 aromatic heterocycles. The van der Waals surface area contributed by atoms with Gasteiger partial charge < -0.3 is 9.66 Å². The molecule has 5 heteroatoms. The van der Waals surface area contributed by atoms with E-state index >= 15 is 0 Å². The minimum absolute atomic E-state index is 0.0608. The average molecular weight is 297 g/mol. The van der Waals surface area contributed by atoms with Crippen molar-refractivity contribution in [1.82, 2.24) is 4.31 Å². The van der Waals surface area contributed by atoms with Gasteiger partial charge in [0.1, 0.15) is 4.75 Å². The van der Waals surface area contributed by atoms with Crippen LogP contribution in [0.25, 0.3) is 0 Å². The van der Waals surface area contributed by atoms with E-state index in [1.807, 2.05) is 51.1 Å². The topological polar surface area (TPSA) is 63.6 Å². The van der Waals surface area contributed by atoms with Gasteiger partial charge in [-0.05, 0) is 32.8 Å². The van der Waals surface area contributed by atoms with Gasteiger partial charge in [0.2, 0.25) is 0 Å². The Kier molecular flexibility index (Phi) is 6.05. The largest absolute Gasteiger partial charge is 0.597 e. The monoisotopic (exact) mass is 297 g/mol. The molecule has 2 atom stereocenters. The van der Waals surface area contributed by atoms with Gasteiger partial charge in [-0.1, -0.05) is 30.3 Å². The first-order valence-electron chi connectivity index (χ1n) is 6.65. The van der Waals surface area contributed by atoms with Crippen molar-refractivity contribution in [3.8, 4) is 0 Å². The Morgan fingerprint density at radius 3 is 2.35 bits per heavy atom. The molecule has 1 rings (SSSR count). The third kappa shape index (κ3) is 4.81. The van der Waals surface area contributed by atoms with Crippen LogP contribution in [-0.4, -0.2) is 31.7 Å². The van der Waals surface area contributed by atoms with Crippen molar-refractivity contribution in [1.29, 1.82) is 0 Å². The molecular weight excluding hydrogens is 274 g/mol. The van der Waals surface area contributed by atoms with E-state index in [1.54, 1.807) is 11.4 Å². The number of aliphatic carboxylic acids is 1. The van der Waals surface area contributed by atoms with Crippen LogP contribution in [0.3, 0.4) is 0 Å². The van der Waals surface area contributed by atoms with Gasteiger partial charge in [-0.2, -0.15) is 0 Å². The van der Waals surface area contributed by atoms with Crippen LogP contribution >= 0.6 is 0 Å². The van der Waals surface area contributed by atoms with E-state index in [4.69, 9.17) is 5.11 Å². The molecule has 0 fully saturated rings. The van der Waals surface area contributed by atoms with E-state index in [0.29, 0.717) is 6.42 Å². The molecule has 0 radical (unpaired) electrons. The van der Waals surface area contributed by atoms with Crippen molar-refractivity contribution in [2.75, 3.05) is 7.05 Å². The van der Waals surface area contributed by atoms with Crippen LogP contribution in [0.5, 0.6) is 0 Å². The highest BCUT2D eigenvalue weighted by atomic mass is 32.2. The van der Waals surface area contributed by atoms with Gasteiger partial charge in [-0.3, -0.25) is 4.79 Å². The van der Waals surface area contributed by atoms with Crippen LogP contribution in [0.4, 0.5) is 0 Å². The molecule has 0 saturated heterocycles. The lowest BCUT2D eigenvalue weighted by Gasteiger charge is -2.35. The fourth-order valence-electron chi connectivity index (χ4n) is 2.04. The molecule has 0 aliphatic heterocycles. The molecular formula is C15H23NO3S. The zero-order valence-corrected chi connectivity index (χ0v) is 13.3. The Morgan fingerprint density at radius 2 is 1.90 bits per heavy atom. The van der Waals surface area contributed by atoms with Crippen molar-refractivity contribution in [2.45, 2.75) is 44.4 Å². The summed E-state index contributed by atoms with van der Waals surface area (Å²) in [7, 11) is 1.79. The molecule has 1 N–H and O–H groups in total. The molecule has 0 amide bonds. The maximum atomic E-state index is 12.5. The fourth-order valence-corrected chi connectivity index (χ4v) is 3.36. The fraction of sp³-hybridized carbons (Fsp3) is 0.533. The molecule has 0 unspecified atom stereocenters. The SMILES string of the molecule is CN([C@H](CCC(=O)O)c1ccccc1)[S@+]([O-])C(C)(C)C. The summed E-state index contributed by atoms with van der Waals surface area (Å²) in [4.78, 5) is 10.8. The van der Waals surface area contributed by atoms with Crippen LogP contribution in [-0.2, 0) is 16.2 Å². The van der Waals surface area contributed by atoms with E-state index in [0.717, 1.165) is 5.56 Å². The second kappa shape index (κ2) is 7.11. The summed E-state index contributed by atoms with van der Waals surface area (Å²) >= 11 is -1.19. The van der Waals surface area contributed by atoms with Crippen molar-refractivity contribution in [3.05, 3.63) is 35.9 Å². The third-order valence-electron chi connectivity index (χ3n) is 3.04. The zero-order valence-electron chi connectivity index (χ0n) is 12.5. The van der Waals surface area contributed by atoms with Gasteiger partial charge in [-0.15, -0.1) is 4.31 Å². The third-order valence-corrected chi connectivity index (χ3v) is 4.87. The normalized spacial score (nSPS) is 15.1. The molecule has 0 aliphatic carbocycles. The lowest BCUT2D eigenvalue weighted by atomic mass is 10.0. The Morgan fingerprint density at radius 1 is 1.35 bits per heavy atom. The molecule has 0 aliphatic rings. The van der Waals surface area contributed by atoms with Crippen LogP contribution in [0.15, 0.2) is 30.3 Å². The molecule has 112 valence electrons. The predicted octanol–water partition coefficient (Wildman–Crippen LogP) is 2.99. The molecule has 1 aromatic carbocycles. The number of hydrogen-bond acceptors (Lipinski definition) is 3. The van der Waals surface area contributed by atoms with Crippen molar-refractivity contribution in [2.24, 2.45) is 0 Å². The Labute approximate surface area is 124 Å². The first-order chi connectivity index (χ1) is 9.23. The highest BCUT2D eigenvalue weighted by molar-refractivity contribution is 7.90. The van der Waals surface area contributed by atoms with Crippen molar-refractivity contribution < 1.29 is 14.5 Å². The minimum Gasteiger partial charge on any atom is -0.597 e. The zero-order chi connectivity index (χ0) is 15.3. The smallest absolute Gasteiger partial charge is 0.303 e. The van der Waals surface area contributed by atoms with Crippen LogP contribution in [0, 0.1) is 0 Å². The second-order valence-corrected chi connectivity index (χ2v) is 8.07. The Bertz CT molecular complexity index is 430. The summed E-state index contributed by atoms with van der Waals surface area (Å²) in [5.41, 5.74) is 0.994. The number of carboxylic acid groups (broad SMARTS) is 1.